The fourth-order valence-electron chi connectivity index (χ4n) is 14.9. The summed E-state index contributed by atoms with van der Waals surface area (Å²) in [6, 6.07) is 19.0. The van der Waals surface area contributed by atoms with E-state index in [1.807, 2.05) is 148 Å². The van der Waals surface area contributed by atoms with E-state index in [4.69, 9.17) is 14.2 Å². The van der Waals surface area contributed by atoms with E-state index in [2.05, 4.69) is 68.6 Å². The highest BCUT2D eigenvalue weighted by molar-refractivity contribution is 5.78. The molecule has 3 aromatic carbocycles. The summed E-state index contributed by atoms with van der Waals surface area (Å²) in [5.41, 5.74) is 7.59. The second kappa shape index (κ2) is 25.3. The highest BCUT2D eigenvalue weighted by atomic mass is 16.6. The number of ether oxygens (including phenoxy) is 3. The zero-order chi connectivity index (χ0) is 65.0. The summed E-state index contributed by atoms with van der Waals surface area (Å²) in [7, 11) is 0. The van der Waals surface area contributed by atoms with Gasteiger partial charge < -0.3 is 43.9 Å². The maximum atomic E-state index is 12.6. The molecule has 6 saturated heterocycles. The van der Waals surface area contributed by atoms with Crippen LogP contribution in [0.5, 0.6) is 0 Å². The third-order valence-electron chi connectivity index (χ3n) is 19.7. The lowest BCUT2D eigenvalue weighted by molar-refractivity contribution is 0.0214. The number of hydrogen-bond donors (Lipinski definition) is 3. The number of hydrogen-bond acceptors (Lipinski definition) is 12. The molecule has 90 heavy (non-hydrogen) atoms. The molecule has 21 nitrogen and oxygen atoms in total. The van der Waals surface area contributed by atoms with Crippen molar-refractivity contribution in [1.82, 2.24) is 58.1 Å². The van der Waals surface area contributed by atoms with E-state index in [1.165, 1.54) is 0 Å². The van der Waals surface area contributed by atoms with Crippen LogP contribution >= 0.6 is 0 Å². The van der Waals surface area contributed by atoms with Crippen molar-refractivity contribution in [1.29, 1.82) is 0 Å². The molecule has 3 unspecified atom stereocenters. The number of benzene rings is 3. The number of nitrogens with zero attached hydrogens (tertiary/aromatic N) is 9. The van der Waals surface area contributed by atoms with Crippen LogP contribution in [0.15, 0.2) is 69.0 Å². The lowest BCUT2D eigenvalue weighted by Gasteiger charge is -2.43. The molecule has 6 fully saturated rings. The minimum absolute atomic E-state index is 0.0165. The second-order valence-corrected chi connectivity index (χ2v) is 30.6. The van der Waals surface area contributed by atoms with Crippen molar-refractivity contribution in [3.8, 4) is 0 Å². The normalized spacial score (nSPS) is 24.0. The molecule has 6 aromatic rings. The van der Waals surface area contributed by atoms with Crippen LogP contribution in [0.1, 0.15) is 176 Å². The number of amides is 3. The fourth-order valence-corrected chi connectivity index (χ4v) is 14.9. The third kappa shape index (κ3) is 14.7. The smallest absolute Gasteiger partial charge is 0.410 e. The Labute approximate surface area is 530 Å². The van der Waals surface area contributed by atoms with E-state index in [1.54, 1.807) is 0 Å². The van der Waals surface area contributed by atoms with E-state index >= 15 is 0 Å². The average Bonchev–Trinajstić information content (AvgIpc) is 1.62. The predicted octanol–water partition coefficient (Wildman–Crippen LogP) is 11.0. The number of piperidine rings is 3. The average molecular weight is 1240 g/mol. The largest absolute Gasteiger partial charge is 0.444 e. The molecule has 6 aliphatic rings. The van der Waals surface area contributed by atoms with Crippen LogP contribution in [0.3, 0.4) is 0 Å². The topological polar surface area (TPSA) is 212 Å². The number of rotatable bonds is 6. The van der Waals surface area contributed by atoms with Gasteiger partial charge in [0.15, 0.2) is 0 Å². The van der Waals surface area contributed by atoms with Gasteiger partial charge >= 0.3 is 35.3 Å². The monoisotopic (exact) mass is 1240 g/mol. The number of imidazole rings is 3. The quantitative estimate of drug-likeness (QED) is 0.133. The molecule has 3 aromatic heterocycles. The number of fused-ring (bicyclic) bond motifs is 3. The molecule has 9 heterocycles. The van der Waals surface area contributed by atoms with E-state index in [-0.39, 0.29) is 70.1 Å². The van der Waals surface area contributed by atoms with Crippen LogP contribution in [-0.4, -0.2) is 188 Å². The maximum Gasteiger partial charge on any atom is 0.410 e. The summed E-state index contributed by atoms with van der Waals surface area (Å²) in [6.07, 6.45) is 7.78. The second-order valence-electron chi connectivity index (χ2n) is 30.6. The number of aromatic amines is 3. The van der Waals surface area contributed by atoms with Crippen molar-refractivity contribution in [2.24, 2.45) is 0 Å². The maximum absolute atomic E-state index is 12.6. The number of aryl methyl sites for hydroxylation is 3. The van der Waals surface area contributed by atoms with Crippen molar-refractivity contribution in [2.45, 2.75) is 213 Å². The Morgan fingerprint density at radius 1 is 0.400 bits per heavy atom. The minimum atomic E-state index is -0.473. The van der Waals surface area contributed by atoms with E-state index < -0.39 is 16.8 Å². The number of carbonyl (C=O) groups is 3. The van der Waals surface area contributed by atoms with Gasteiger partial charge in [-0.15, -0.1) is 0 Å². The van der Waals surface area contributed by atoms with Crippen molar-refractivity contribution in [3.63, 3.8) is 0 Å². The first kappa shape index (κ1) is 66.1. The first-order chi connectivity index (χ1) is 42.2. The zero-order valence-electron chi connectivity index (χ0n) is 56.5. The van der Waals surface area contributed by atoms with Gasteiger partial charge in [-0.2, -0.15) is 0 Å². The Morgan fingerprint density at radius 2 is 0.633 bits per heavy atom. The molecule has 12 rings (SSSR count). The van der Waals surface area contributed by atoms with Crippen molar-refractivity contribution in [2.75, 3.05) is 78.5 Å². The van der Waals surface area contributed by atoms with Gasteiger partial charge in [0.1, 0.15) is 16.8 Å². The Bertz CT molecular complexity index is 3370. The van der Waals surface area contributed by atoms with Crippen LogP contribution in [-0.2, 0) is 14.2 Å². The lowest BCUT2D eigenvalue weighted by atomic mass is 9.93. The Balaban J connectivity index is 0.000000148. The van der Waals surface area contributed by atoms with E-state index in [0.717, 1.165) is 166 Å². The molecule has 0 spiro atoms. The molecule has 0 radical (unpaired) electrons. The third-order valence-corrected chi connectivity index (χ3v) is 19.7. The summed E-state index contributed by atoms with van der Waals surface area (Å²) in [4.78, 5) is 97.3. The van der Waals surface area contributed by atoms with Gasteiger partial charge in [-0.1, -0.05) is 18.2 Å². The number of carbonyl (C=O) groups excluding carboxylic acids is 3. The fraction of sp³-hybridized carbons (Fsp3) is 0.652. The molecular formula is C69H102N12O9. The minimum Gasteiger partial charge on any atom is -0.444 e. The van der Waals surface area contributed by atoms with Gasteiger partial charge in [-0.05, 0) is 215 Å². The van der Waals surface area contributed by atoms with Crippen LogP contribution in [0, 0.1) is 20.8 Å². The molecule has 21 heteroatoms. The summed E-state index contributed by atoms with van der Waals surface area (Å²) in [5, 5.41) is 0. The summed E-state index contributed by atoms with van der Waals surface area (Å²) >= 11 is 0. The first-order valence-corrected chi connectivity index (χ1v) is 33.0. The summed E-state index contributed by atoms with van der Waals surface area (Å²) in [6.45, 7) is 39.8. The van der Waals surface area contributed by atoms with E-state index in [0.29, 0.717) is 19.6 Å². The van der Waals surface area contributed by atoms with Gasteiger partial charge in [0.2, 0.25) is 0 Å². The van der Waals surface area contributed by atoms with Crippen LogP contribution in [0.2, 0.25) is 0 Å². The van der Waals surface area contributed by atoms with Gasteiger partial charge in [0, 0.05) is 113 Å². The van der Waals surface area contributed by atoms with Gasteiger partial charge in [-0.25, -0.2) is 28.8 Å². The molecule has 6 aliphatic heterocycles. The van der Waals surface area contributed by atoms with Gasteiger partial charge in [0.25, 0.3) is 0 Å². The summed E-state index contributed by atoms with van der Waals surface area (Å²) in [5.74, 6) is 0. The zero-order valence-corrected chi connectivity index (χ0v) is 56.5. The molecule has 3 N–H and O–H groups in total. The molecule has 0 bridgehead atoms. The molecule has 492 valence electrons. The van der Waals surface area contributed by atoms with Crippen molar-refractivity contribution < 1.29 is 28.6 Å². The standard InChI is InChI=1S/3C23H34N4O3/c3*1-16-6-7-19-18(14-16)24-20(28)27(19)17-8-11-26(12-9-17)23(5)10-13-25(15-23)21(29)30-22(2,3)4/h3*6-7,14,17H,8-13,15H2,1-5H3,(H,24,28). The van der Waals surface area contributed by atoms with Crippen LogP contribution in [0.25, 0.3) is 33.1 Å². The Kier molecular flexibility index (Phi) is 18.6. The Morgan fingerprint density at radius 3 is 0.856 bits per heavy atom. The van der Waals surface area contributed by atoms with E-state index in [9.17, 15) is 28.8 Å². The SMILES string of the molecule is Cc1ccc2c(c1)[nH]c(=O)n2C1CCN(C2(C)CCN(C(=O)OC(C)(C)C)C2)CC1.Cc1ccc2c(c1)[nH]c(=O)n2C1CCN(C2(C)CCN(C(=O)OC(C)(C)C)C2)CC1.Cc1ccc2c(c1)[nH]c(=O)n2C1CCN(C2(C)CCN(C(=O)OC(C)(C)C)C2)CC1. The highest BCUT2D eigenvalue weighted by Crippen LogP contribution is 2.38. The first-order valence-electron chi connectivity index (χ1n) is 33.0. The molecule has 0 saturated carbocycles. The molecule has 3 atom stereocenters. The highest BCUT2D eigenvalue weighted by Gasteiger charge is 2.46. The van der Waals surface area contributed by atoms with Crippen LogP contribution < -0.4 is 17.1 Å². The number of nitrogens with one attached hydrogen (secondary N) is 3. The predicted molar refractivity (Wildman–Crippen MR) is 354 cm³/mol. The summed E-state index contributed by atoms with van der Waals surface area (Å²) < 4.78 is 22.5. The van der Waals surface area contributed by atoms with Gasteiger partial charge in [-0.3, -0.25) is 28.4 Å². The number of H-pyrrole nitrogens is 3. The number of aromatic nitrogens is 6. The molecule has 3 amide bonds. The van der Waals surface area contributed by atoms with Crippen LogP contribution in [0.4, 0.5) is 14.4 Å². The van der Waals surface area contributed by atoms with Gasteiger partial charge in [0.05, 0.1) is 33.1 Å². The van der Waals surface area contributed by atoms with Crippen molar-refractivity contribution >= 4 is 51.4 Å². The molecule has 0 aliphatic carbocycles. The molecular weight excluding hydrogens is 1140 g/mol. The Hall–Kier alpha value is -6.84. The van der Waals surface area contributed by atoms with Crippen molar-refractivity contribution in [3.05, 3.63) is 103 Å². The lowest BCUT2D eigenvalue weighted by Crippen LogP contribution is -2.52. The number of likely N-dealkylation sites (tertiary alicyclic amines) is 6.